The van der Waals surface area contributed by atoms with Gasteiger partial charge < -0.3 is 14.9 Å². The van der Waals surface area contributed by atoms with Crippen LogP contribution in [0, 0.1) is 0 Å². The topological polar surface area (TPSA) is 26.7 Å². The first-order chi connectivity index (χ1) is 14.7. The SMILES string of the molecule is CN(CCCN1CCC(c2ccccc2)(c2ccccc2)CC1)c1cccc(O)c1. The van der Waals surface area contributed by atoms with Crippen LogP contribution in [0.5, 0.6) is 5.75 Å². The molecule has 156 valence electrons. The van der Waals surface area contributed by atoms with Crippen molar-refractivity contribution in [2.75, 3.05) is 38.1 Å². The molecule has 1 N–H and O–H groups in total. The van der Waals surface area contributed by atoms with Crippen molar-refractivity contribution >= 4 is 5.69 Å². The van der Waals surface area contributed by atoms with Crippen molar-refractivity contribution in [3.63, 3.8) is 0 Å². The minimum absolute atomic E-state index is 0.122. The van der Waals surface area contributed by atoms with E-state index in [4.69, 9.17) is 0 Å². The van der Waals surface area contributed by atoms with Crippen LogP contribution >= 0.6 is 0 Å². The summed E-state index contributed by atoms with van der Waals surface area (Å²) in [5.41, 5.74) is 4.08. The van der Waals surface area contributed by atoms with Crippen molar-refractivity contribution in [2.45, 2.75) is 24.7 Å². The molecule has 0 bridgehead atoms. The van der Waals surface area contributed by atoms with Gasteiger partial charge in [-0.2, -0.15) is 0 Å². The van der Waals surface area contributed by atoms with Crippen LogP contribution in [-0.2, 0) is 5.41 Å². The van der Waals surface area contributed by atoms with E-state index in [2.05, 4.69) is 83.6 Å². The second-order valence-corrected chi connectivity index (χ2v) is 8.45. The lowest BCUT2D eigenvalue weighted by Gasteiger charge is -2.43. The summed E-state index contributed by atoms with van der Waals surface area (Å²) in [6.07, 6.45) is 3.43. The molecule has 3 heteroatoms. The third kappa shape index (κ3) is 4.52. The maximum Gasteiger partial charge on any atom is 0.117 e. The molecule has 3 aromatic carbocycles. The summed E-state index contributed by atoms with van der Waals surface area (Å²) in [6, 6.07) is 29.6. The van der Waals surface area contributed by atoms with E-state index < -0.39 is 0 Å². The lowest BCUT2D eigenvalue weighted by Crippen LogP contribution is -2.44. The number of likely N-dealkylation sites (tertiary alicyclic amines) is 1. The predicted molar refractivity (Wildman–Crippen MR) is 125 cm³/mol. The Hall–Kier alpha value is -2.78. The quantitative estimate of drug-likeness (QED) is 0.583. The number of phenols is 1. The van der Waals surface area contributed by atoms with Gasteiger partial charge in [-0.15, -0.1) is 0 Å². The van der Waals surface area contributed by atoms with Gasteiger partial charge in [-0.05, 0) is 62.2 Å². The Labute approximate surface area is 180 Å². The molecule has 0 unspecified atom stereocenters. The second kappa shape index (κ2) is 9.36. The Morgan fingerprint density at radius 3 is 2.00 bits per heavy atom. The van der Waals surface area contributed by atoms with Gasteiger partial charge >= 0.3 is 0 Å². The first kappa shape index (κ1) is 20.5. The monoisotopic (exact) mass is 400 g/mol. The molecule has 0 spiro atoms. The van der Waals surface area contributed by atoms with Crippen LogP contribution in [0.4, 0.5) is 5.69 Å². The summed E-state index contributed by atoms with van der Waals surface area (Å²) >= 11 is 0. The summed E-state index contributed by atoms with van der Waals surface area (Å²) in [5.74, 6) is 0.327. The lowest BCUT2D eigenvalue weighted by atomic mass is 9.68. The van der Waals surface area contributed by atoms with Crippen molar-refractivity contribution in [2.24, 2.45) is 0 Å². The first-order valence-corrected chi connectivity index (χ1v) is 11.0. The van der Waals surface area contributed by atoms with Crippen LogP contribution in [0.25, 0.3) is 0 Å². The number of benzene rings is 3. The van der Waals surface area contributed by atoms with Crippen LogP contribution in [-0.4, -0.2) is 43.2 Å². The fourth-order valence-corrected chi connectivity index (χ4v) is 4.81. The van der Waals surface area contributed by atoms with E-state index in [-0.39, 0.29) is 5.41 Å². The van der Waals surface area contributed by atoms with Gasteiger partial charge in [-0.25, -0.2) is 0 Å². The molecule has 3 aromatic rings. The number of nitrogens with zero attached hydrogens (tertiary/aromatic N) is 2. The Kier molecular flexibility index (Phi) is 6.39. The number of aromatic hydroxyl groups is 1. The Balaban J connectivity index is 1.37. The molecule has 0 amide bonds. The largest absolute Gasteiger partial charge is 0.508 e. The van der Waals surface area contributed by atoms with Gasteiger partial charge in [0.2, 0.25) is 0 Å². The summed E-state index contributed by atoms with van der Waals surface area (Å²) in [6.45, 7) is 4.35. The number of hydrogen-bond acceptors (Lipinski definition) is 3. The Morgan fingerprint density at radius 1 is 0.833 bits per heavy atom. The zero-order valence-corrected chi connectivity index (χ0v) is 17.9. The highest BCUT2D eigenvalue weighted by Gasteiger charge is 2.37. The van der Waals surface area contributed by atoms with E-state index in [1.54, 1.807) is 6.07 Å². The van der Waals surface area contributed by atoms with Crippen LogP contribution in [0.3, 0.4) is 0 Å². The molecule has 0 saturated carbocycles. The molecule has 0 aliphatic carbocycles. The normalized spacial score (nSPS) is 16.3. The highest BCUT2D eigenvalue weighted by molar-refractivity contribution is 5.49. The van der Waals surface area contributed by atoms with Crippen LogP contribution in [0.1, 0.15) is 30.4 Å². The third-order valence-electron chi connectivity index (χ3n) is 6.60. The minimum atomic E-state index is 0.122. The standard InChI is InChI=1S/C27H32N2O/c1-28(25-14-8-15-26(30)22-25)18-9-19-29-20-16-27(17-21-29,23-10-4-2-5-11-23)24-12-6-3-7-13-24/h2-8,10-15,22,30H,9,16-21H2,1H3. The van der Waals surface area contributed by atoms with E-state index >= 15 is 0 Å². The average Bonchev–Trinajstić information content (AvgIpc) is 2.81. The second-order valence-electron chi connectivity index (χ2n) is 8.45. The van der Waals surface area contributed by atoms with Gasteiger partial charge in [0, 0.05) is 30.8 Å². The molecule has 1 aliphatic heterocycles. The summed E-state index contributed by atoms with van der Waals surface area (Å²) in [4.78, 5) is 4.84. The van der Waals surface area contributed by atoms with Gasteiger partial charge in [0.1, 0.15) is 5.75 Å². The Morgan fingerprint density at radius 2 is 1.43 bits per heavy atom. The fourth-order valence-electron chi connectivity index (χ4n) is 4.81. The zero-order chi connectivity index (χ0) is 20.8. The molecular formula is C27H32N2O. The van der Waals surface area contributed by atoms with E-state index in [0.29, 0.717) is 5.75 Å². The summed E-state index contributed by atoms with van der Waals surface area (Å²) in [5, 5.41) is 9.69. The van der Waals surface area contributed by atoms with Gasteiger partial charge in [-0.3, -0.25) is 0 Å². The zero-order valence-electron chi connectivity index (χ0n) is 17.9. The van der Waals surface area contributed by atoms with Gasteiger partial charge in [0.25, 0.3) is 0 Å². The Bertz CT molecular complexity index is 876. The van der Waals surface area contributed by atoms with Crippen molar-refractivity contribution in [1.29, 1.82) is 0 Å². The van der Waals surface area contributed by atoms with Gasteiger partial charge in [0.05, 0.1) is 0 Å². The molecule has 1 saturated heterocycles. The van der Waals surface area contributed by atoms with Crippen LogP contribution in [0.15, 0.2) is 84.9 Å². The van der Waals surface area contributed by atoms with Crippen LogP contribution < -0.4 is 4.90 Å². The molecule has 4 rings (SSSR count). The number of anilines is 1. The molecule has 0 radical (unpaired) electrons. The van der Waals surface area contributed by atoms with Crippen molar-refractivity contribution in [3.05, 3.63) is 96.1 Å². The van der Waals surface area contributed by atoms with Gasteiger partial charge in [-0.1, -0.05) is 66.7 Å². The van der Waals surface area contributed by atoms with Crippen molar-refractivity contribution < 1.29 is 5.11 Å². The minimum Gasteiger partial charge on any atom is -0.508 e. The van der Waals surface area contributed by atoms with Crippen molar-refractivity contribution in [1.82, 2.24) is 4.90 Å². The average molecular weight is 401 g/mol. The maximum absolute atomic E-state index is 9.69. The fraction of sp³-hybridized carbons (Fsp3) is 0.333. The smallest absolute Gasteiger partial charge is 0.117 e. The lowest BCUT2D eigenvalue weighted by molar-refractivity contribution is 0.178. The molecule has 1 aliphatic rings. The van der Waals surface area contributed by atoms with Crippen LogP contribution in [0.2, 0.25) is 0 Å². The number of piperidine rings is 1. The summed E-state index contributed by atoms with van der Waals surface area (Å²) in [7, 11) is 2.10. The predicted octanol–water partition coefficient (Wildman–Crippen LogP) is 5.30. The van der Waals surface area contributed by atoms with E-state index in [1.807, 2.05) is 12.1 Å². The van der Waals surface area contributed by atoms with Gasteiger partial charge in [0.15, 0.2) is 0 Å². The highest BCUT2D eigenvalue weighted by Crippen LogP contribution is 2.41. The molecule has 3 nitrogen and oxygen atoms in total. The number of phenolic OH excluding ortho intramolecular Hbond substituents is 1. The maximum atomic E-state index is 9.69. The molecule has 0 atom stereocenters. The molecule has 1 fully saturated rings. The summed E-state index contributed by atoms with van der Waals surface area (Å²) < 4.78 is 0. The van der Waals surface area contributed by atoms with E-state index in [0.717, 1.165) is 51.1 Å². The molecule has 30 heavy (non-hydrogen) atoms. The van der Waals surface area contributed by atoms with E-state index in [9.17, 15) is 5.11 Å². The molecular weight excluding hydrogens is 368 g/mol. The number of rotatable bonds is 7. The molecule has 0 aromatic heterocycles. The van der Waals surface area contributed by atoms with Crippen molar-refractivity contribution in [3.8, 4) is 5.75 Å². The highest BCUT2D eigenvalue weighted by atomic mass is 16.3. The number of hydrogen-bond donors (Lipinski definition) is 1. The molecule has 1 heterocycles. The first-order valence-electron chi connectivity index (χ1n) is 11.0. The van der Waals surface area contributed by atoms with E-state index in [1.165, 1.54) is 11.1 Å². The third-order valence-corrected chi connectivity index (χ3v) is 6.60.